The third kappa shape index (κ3) is 2.14. The Morgan fingerprint density at radius 2 is 2.10 bits per heavy atom. The van der Waals surface area contributed by atoms with E-state index in [1.807, 2.05) is 35.0 Å². The summed E-state index contributed by atoms with van der Waals surface area (Å²) in [6.45, 7) is 6.10. The van der Waals surface area contributed by atoms with Crippen LogP contribution in [0.2, 0.25) is 0 Å². The molecule has 0 bridgehead atoms. The minimum absolute atomic E-state index is 0.207. The number of carbonyl (C=O) groups is 2. The first-order valence-corrected chi connectivity index (χ1v) is 7.17. The van der Waals surface area contributed by atoms with Gasteiger partial charge >= 0.3 is 0 Å². The quantitative estimate of drug-likeness (QED) is 0.630. The lowest BCUT2D eigenvalue weighted by atomic mass is 10.2. The van der Waals surface area contributed by atoms with Gasteiger partial charge in [0.25, 0.3) is 5.24 Å². The number of hydrogen-bond donors (Lipinski definition) is 0. The molecule has 1 saturated heterocycles. The van der Waals surface area contributed by atoms with Crippen molar-refractivity contribution in [3.8, 4) is 11.8 Å². The van der Waals surface area contributed by atoms with E-state index in [1.165, 1.54) is 4.90 Å². The normalized spacial score (nSPS) is 14.7. The van der Waals surface area contributed by atoms with Crippen LogP contribution in [-0.2, 0) is 11.3 Å². The highest BCUT2D eigenvalue weighted by Crippen LogP contribution is 2.37. The number of fused-ring (bicyclic) bond motifs is 1. The second-order valence-electron chi connectivity index (χ2n) is 4.52. The molecule has 2 heterocycles. The molecule has 0 N–H and O–H groups in total. The second kappa shape index (κ2) is 5.15. The summed E-state index contributed by atoms with van der Waals surface area (Å²) in [6.07, 6.45) is 1.93. The highest BCUT2D eigenvalue weighted by Gasteiger charge is 2.35. The summed E-state index contributed by atoms with van der Waals surface area (Å²) >= 11 is 0.680. The van der Waals surface area contributed by atoms with Crippen LogP contribution >= 0.6 is 11.8 Å². The maximum Gasteiger partial charge on any atom is 0.298 e. The predicted molar refractivity (Wildman–Crippen MR) is 85.0 cm³/mol. The van der Waals surface area contributed by atoms with Crippen LogP contribution < -0.4 is 4.90 Å². The molecule has 21 heavy (non-hydrogen) atoms. The van der Waals surface area contributed by atoms with Gasteiger partial charge in [-0.05, 0) is 25.1 Å². The molecule has 5 heteroatoms. The van der Waals surface area contributed by atoms with Gasteiger partial charge in [0.2, 0.25) is 5.12 Å². The Morgan fingerprint density at radius 3 is 2.76 bits per heavy atom. The molecule has 0 atom stereocenters. The number of thioether (sulfide) groups is 1. The van der Waals surface area contributed by atoms with Gasteiger partial charge < -0.3 is 4.57 Å². The Balaban J connectivity index is 2.13. The second-order valence-corrected chi connectivity index (χ2v) is 5.44. The molecular weight excluding hydrogens is 284 g/mol. The molecule has 0 aliphatic carbocycles. The van der Waals surface area contributed by atoms with Gasteiger partial charge in [0.15, 0.2) is 0 Å². The SMILES string of the molecule is C=C1C(=O)SC(=O)N1c1cccc2c1ccn2CC#CC. The predicted octanol–water partition coefficient (Wildman–Crippen LogP) is 3.38. The molecule has 2 aromatic rings. The molecule has 1 fully saturated rings. The fraction of sp³-hybridized carbons (Fsp3) is 0.125. The van der Waals surface area contributed by atoms with Gasteiger partial charge in [-0.3, -0.25) is 14.5 Å². The molecule has 1 aromatic carbocycles. The van der Waals surface area contributed by atoms with E-state index in [9.17, 15) is 9.59 Å². The first-order chi connectivity index (χ1) is 10.1. The van der Waals surface area contributed by atoms with Crippen LogP contribution in [0.15, 0.2) is 42.7 Å². The number of aromatic nitrogens is 1. The third-order valence-electron chi connectivity index (χ3n) is 3.33. The van der Waals surface area contributed by atoms with Crippen LogP contribution in [0, 0.1) is 11.8 Å². The molecule has 1 aromatic heterocycles. The Bertz CT molecular complexity index is 839. The molecule has 104 valence electrons. The topological polar surface area (TPSA) is 42.3 Å². The smallest absolute Gasteiger partial charge is 0.298 e. The minimum atomic E-state index is -0.307. The fourth-order valence-corrected chi connectivity index (χ4v) is 3.00. The van der Waals surface area contributed by atoms with Crippen molar-refractivity contribution in [1.82, 2.24) is 4.57 Å². The summed E-state index contributed by atoms with van der Waals surface area (Å²) in [5.41, 5.74) is 1.86. The van der Waals surface area contributed by atoms with Crippen LogP contribution in [-0.4, -0.2) is 14.9 Å². The monoisotopic (exact) mass is 296 g/mol. The summed E-state index contributed by atoms with van der Waals surface area (Å²) < 4.78 is 2.01. The largest absolute Gasteiger partial charge is 0.336 e. The van der Waals surface area contributed by atoms with Gasteiger partial charge in [-0.25, -0.2) is 0 Å². The van der Waals surface area contributed by atoms with E-state index >= 15 is 0 Å². The van der Waals surface area contributed by atoms with Gasteiger partial charge in [0.05, 0.1) is 23.4 Å². The fourth-order valence-electron chi connectivity index (χ4n) is 2.33. The van der Waals surface area contributed by atoms with Crippen LogP contribution in [0.25, 0.3) is 10.9 Å². The zero-order valence-electron chi connectivity index (χ0n) is 11.4. The number of hydrogen-bond acceptors (Lipinski definition) is 3. The van der Waals surface area contributed by atoms with E-state index in [0.29, 0.717) is 24.0 Å². The summed E-state index contributed by atoms with van der Waals surface area (Å²) in [4.78, 5) is 25.0. The number of amides is 1. The van der Waals surface area contributed by atoms with Crippen LogP contribution in [0.4, 0.5) is 10.5 Å². The number of rotatable bonds is 2. The summed E-state index contributed by atoms with van der Waals surface area (Å²) in [7, 11) is 0. The average molecular weight is 296 g/mol. The van der Waals surface area contributed by atoms with Gasteiger partial charge in [-0.2, -0.15) is 0 Å². The maximum absolute atomic E-state index is 12.0. The van der Waals surface area contributed by atoms with Gasteiger partial charge in [-0.1, -0.05) is 18.6 Å². The van der Waals surface area contributed by atoms with Crippen molar-refractivity contribution in [3.05, 3.63) is 42.7 Å². The van der Waals surface area contributed by atoms with Crippen molar-refractivity contribution in [2.24, 2.45) is 0 Å². The Labute approximate surface area is 126 Å². The van der Waals surface area contributed by atoms with Crippen LogP contribution in [0.5, 0.6) is 0 Å². The molecular formula is C16H12N2O2S. The first kappa shape index (κ1) is 13.5. The number of benzene rings is 1. The Kier molecular flexibility index (Phi) is 3.32. The van der Waals surface area contributed by atoms with E-state index in [1.54, 1.807) is 6.92 Å². The lowest BCUT2D eigenvalue weighted by Gasteiger charge is -2.16. The Hall–Kier alpha value is -2.45. The van der Waals surface area contributed by atoms with E-state index in [0.717, 1.165) is 10.9 Å². The van der Waals surface area contributed by atoms with E-state index in [-0.39, 0.29) is 16.1 Å². The van der Waals surface area contributed by atoms with E-state index in [4.69, 9.17) is 0 Å². The van der Waals surface area contributed by atoms with Gasteiger partial charge in [-0.15, -0.1) is 5.92 Å². The Morgan fingerprint density at radius 1 is 1.29 bits per heavy atom. The van der Waals surface area contributed by atoms with E-state index < -0.39 is 0 Å². The van der Waals surface area contributed by atoms with Gasteiger partial charge in [0, 0.05) is 23.3 Å². The molecule has 3 rings (SSSR count). The first-order valence-electron chi connectivity index (χ1n) is 6.36. The molecule has 0 saturated carbocycles. The molecule has 0 unspecified atom stereocenters. The number of nitrogens with zero attached hydrogens (tertiary/aromatic N) is 2. The zero-order valence-corrected chi connectivity index (χ0v) is 12.2. The number of carbonyl (C=O) groups excluding carboxylic acids is 2. The summed E-state index contributed by atoms with van der Waals surface area (Å²) in [5.74, 6) is 5.88. The molecule has 0 radical (unpaired) electrons. The molecule has 1 aliphatic heterocycles. The highest BCUT2D eigenvalue weighted by atomic mass is 32.2. The third-order valence-corrected chi connectivity index (χ3v) is 4.10. The molecule has 4 nitrogen and oxygen atoms in total. The lowest BCUT2D eigenvalue weighted by Crippen LogP contribution is -2.20. The number of anilines is 1. The van der Waals surface area contributed by atoms with Gasteiger partial charge in [0.1, 0.15) is 0 Å². The minimum Gasteiger partial charge on any atom is -0.336 e. The molecule has 1 amide bonds. The van der Waals surface area contributed by atoms with Crippen molar-refractivity contribution in [2.45, 2.75) is 13.5 Å². The van der Waals surface area contributed by atoms with E-state index in [2.05, 4.69) is 18.4 Å². The van der Waals surface area contributed by atoms with Crippen LogP contribution in [0.1, 0.15) is 6.92 Å². The van der Waals surface area contributed by atoms with Crippen molar-refractivity contribution in [1.29, 1.82) is 0 Å². The summed E-state index contributed by atoms with van der Waals surface area (Å²) in [5, 5.41) is 0.298. The zero-order chi connectivity index (χ0) is 15.0. The standard InChI is InChI=1S/C16H12N2O2S/c1-3-4-9-17-10-8-12-13(17)6-5-7-14(12)18-11(2)15(19)21-16(18)20/h5-8,10H,2,9H2,1H3. The lowest BCUT2D eigenvalue weighted by molar-refractivity contribution is -0.107. The van der Waals surface area contributed by atoms with Crippen molar-refractivity contribution in [3.63, 3.8) is 0 Å². The van der Waals surface area contributed by atoms with Crippen molar-refractivity contribution < 1.29 is 9.59 Å². The average Bonchev–Trinajstić information content (AvgIpc) is 2.99. The molecule has 0 spiro atoms. The maximum atomic E-state index is 12.0. The van der Waals surface area contributed by atoms with Crippen molar-refractivity contribution in [2.75, 3.05) is 4.90 Å². The summed E-state index contributed by atoms with van der Waals surface area (Å²) in [6, 6.07) is 7.58. The van der Waals surface area contributed by atoms with Crippen molar-refractivity contribution >= 4 is 38.7 Å². The highest BCUT2D eigenvalue weighted by molar-refractivity contribution is 8.27. The van der Waals surface area contributed by atoms with Crippen LogP contribution in [0.3, 0.4) is 0 Å². The molecule has 1 aliphatic rings.